The summed E-state index contributed by atoms with van der Waals surface area (Å²) in [7, 11) is 0. The van der Waals surface area contributed by atoms with Crippen LogP contribution in [0.1, 0.15) is 21.5 Å². The fourth-order valence-corrected chi connectivity index (χ4v) is 2.38. The van der Waals surface area contributed by atoms with Crippen LogP contribution in [-0.4, -0.2) is 29.3 Å². The number of carboxylic acid groups (broad SMARTS) is 1. The number of carboxylic acids is 1. The Labute approximate surface area is 104 Å². The highest BCUT2D eigenvalue weighted by atomic mass is 16.5. The number of aromatic nitrogens is 1. The first kappa shape index (κ1) is 11.0. The smallest absolute Gasteiger partial charge is 0.335 e. The molecule has 4 heteroatoms. The molecule has 0 unspecified atom stereocenters. The number of nitrogens with one attached hydrogen (secondary N) is 1. The second kappa shape index (κ2) is 3.99. The van der Waals surface area contributed by atoms with Gasteiger partial charge in [0.15, 0.2) is 0 Å². The Morgan fingerprint density at radius 2 is 2.11 bits per heavy atom. The van der Waals surface area contributed by atoms with E-state index in [0.29, 0.717) is 18.8 Å². The highest BCUT2D eigenvalue weighted by Gasteiger charge is 2.42. The lowest BCUT2D eigenvalue weighted by Crippen LogP contribution is -2.47. The Morgan fingerprint density at radius 1 is 1.28 bits per heavy atom. The van der Waals surface area contributed by atoms with Gasteiger partial charge in [-0.1, -0.05) is 12.1 Å². The summed E-state index contributed by atoms with van der Waals surface area (Å²) >= 11 is 0. The number of rotatable bonds is 3. The van der Waals surface area contributed by atoms with E-state index in [0.717, 1.165) is 11.1 Å². The van der Waals surface area contributed by atoms with Gasteiger partial charge in [-0.15, -0.1) is 0 Å². The molecule has 0 spiro atoms. The van der Waals surface area contributed by atoms with E-state index in [4.69, 9.17) is 9.84 Å². The number of carbonyl (C=O) groups is 1. The third kappa shape index (κ3) is 1.54. The molecule has 3 rings (SSSR count). The highest BCUT2D eigenvalue weighted by Crippen LogP contribution is 2.39. The van der Waals surface area contributed by atoms with E-state index < -0.39 is 5.97 Å². The molecule has 1 aliphatic rings. The van der Waals surface area contributed by atoms with E-state index in [1.165, 1.54) is 0 Å². The quantitative estimate of drug-likeness (QED) is 0.867. The van der Waals surface area contributed by atoms with Gasteiger partial charge in [0.05, 0.1) is 24.2 Å². The van der Waals surface area contributed by atoms with Gasteiger partial charge in [0.2, 0.25) is 0 Å². The van der Waals surface area contributed by atoms with E-state index in [9.17, 15) is 4.79 Å². The van der Waals surface area contributed by atoms with Crippen LogP contribution in [0.4, 0.5) is 0 Å². The normalized spacial score (nSPS) is 17.1. The summed E-state index contributed by atoms with van der Waals surface area (Å²) in [5.74, 6) is -0.902. The number of hydrogen-bond donors (Lipinski definition) is 2. The lowest BCUT2D eigenvalue weighted by atomic mass is 9.73. The van der Waals surface area contributed by atoms with Gasteiger partial charge in [-0.2, -0.15) is 0 Å². The summed E-state index contributed by atoms with van der Waals surface area (Å²) in [6, 6.07) is 9.09. The van der Waals surface area contributed by atoms with E-state index >= 15 is 0 Å². The van der Waals surface area contributed by atoms with Crippen LogP contribution >= 0.6 is 0 Å². The van der Waals surface area contributed by atoms with Gasteiger partial charge in [-0.25, -0.2) is 4.79 Å². The molecule has 1 aromatic carbocycles. The van der Waals surface area contributed by atoms with Crippen LogP contribution in [0.3, 0.4) is 0 Å². The van der Waals surface area contributed by atoms with Gasteiger partial charge >= 0.3 is 5.97 Å². The van der Waals surface area contributed by atoms with Crippen LogP contribution in [0, 0.1) is 0 Å². The van der Waals surface area contributed by atoms with Crippen molar-refractivity contribution in [3.63, 3.8) is 0 Å². The van der Waals surface area contributed by atoms with Gasteiger partial charge in [0.25, 0.3) is 0 Å². The van der Waals surface area contributed by atoms with Crippen LogP contribution in [-0.2, 0) is 10.2 Å². The molecule has 4 nitrogen and oxygen atoms in total. The average molecular weight is 243 g/mol. The number of ether oxygens (including phenoxy) is 1. The van der Waals surface area contributed by atoms with Crippen molar-refractivity contribution in [3.05, 3.63) is 59.4 Å². The second-order valence-corrected chi connectivity index (χ2v) is 4.56. The maximum atomic E-state index is 11.0. The van der Waals surface area contributed by atoms with Crippen LogP contribution in [0.15, 0.2) is 42.7 Å². The Balaban J connectivity index is 2.07. The lowest BCUT2D eigenvalue weighted by Gasteiger charge is -2.41. The first-order valence-corrected chi connectivity index (χ1v) is 5.77. The summed E-state index contributed by atoms with van der Waals surface area (Å²) in [4.78, 5) is 14.1. The molecule has 0 atom stereocenters. The summed E-state index contributed by atoms with van der Waals surface area (Å²) in [6.45, 7) is 1.18. The van der Waals surface area contributed by atoms with Crippen molar-refractivity contribution in [1.29, 1.82) is 0 Å². The monoisotopic (exact) mass is 243 g/mol. The second-order valence-electron chi connectivity index (χ2n) is 4.56. The molecule has 0 amide bonds. The van der Waals surface area contributed by atoms with Gasteiger partial charge in [-0.05, 0) is 29.3 Å². The van der Waals surface area contributed by atoms with Crippen LogP contribution < -0.4 is 0 Å². The maximum absolute atomic E-state index is 11.0. The molecular formula is C14H13NO3. The largest absolute Gasteiger partial charge is 0.478 e. The lowest BCUT2D eigenvalue weighted by molar-refractivity contribution is -0.0379. The fourth-order valence-electron chi connectivity index (χ4n) is 2.38. The molecule has 2 heterocycles. The van der Waals surface area contributed by atoms with Crippen molar-refractivity contribution >= 4 is 5.97 Å². The van der Waals surface area contributed by atoms with Gasteiger partial charge in [0.1, 0.15) is 0 Å². The Bertz CT molecular complexity index is 570. The molecule has 92 valence electrons. The van der Waals surface area contributed by atoms with E-state index in [2.05, 4.69) is 4.98 Å². The molecular weight excluding hydrogens is 230 g/mol. The molecule has 1 saturated heterocycles. The van der Waals surface area contributed by atoms with Crippen molar-refractivity contribution in [3.8, 4) is 0 Å². The summed E-state index contributed by atoms with van der Waals surface area (Å²) in [5.41, 5.74) is 2.24. The van der Waals surface area contributed by atoms with Crippen molar-refractivity contribution in [1.82, 2.24) is 4.98 Å². The first-order chi connectivity index (χ1) is 8.72. The standard InChI is InChI=1S/C14H13NO3/c16-13(17)10-2-1-3-11(6-10)14(8-18-9-14)12-4-5-15-7-12/h1-7,15H,8-9H2,(H,16,17). The summed E-state index contributed by atoms with van der Waals surface area (Å²) < 4.78 is 5.36. The number of H-pyrrole nitrogens is 1. The zero-order chi connectivity index (χ0) is 12.6. The first-order valence-electron chi connectivity index (χ1n) is 5.77. The van der Waals surface area contributed by atoms with Crippen molar-refractivity contribution in [2.75, 3.05) is 13.2 Å². The molecule has 1 aliphatic heterocycles. The maximum Gasteiger partial charge on any atom is 0.335 e. The molecule has 0 saturated carbocycles. The van der Waals surface area contributed by atoms with Crippen molar-refractivity contribution in [2.45, 2.75) is 5.41 Å². The molecule has 0 aliphatic carbocycles. The number of aromatic amines is 1. The van der Waals surface area contributed by atoms with Crippen LogP contribution in [0.2, 0.25) is 0 Å². The molecule has 0 radical (unpaired) electrons. The number of benzene rings is 1. The molecule has 1 fully saturated rings. The third-order valence-electron chi connectivity index (χ3n) is 3.51. The predicted molar refractivity (Wildman–Crippen MR) is 65.8 cm³/mol. The van der Waals surface area contributed by atoms with Crippen LogP contribution in [0.25, 0.3) is 0 Å². The van der Waals surface area contributed by atoms with E-state index in [1.807, 2.05) is 24.5 Å². The van der Waals surface area contributed by atoms with E-state index in [-0.39, 0.29) is 5.41 Å². The topological polar surface area (TPSA) is 62.3 Å². The molecule has 2 aromatic rings. The highest BCUT2D eigenvalue weighted by molar-refractivity contribution is 5.87. The molecule has 0 bridgehead atoms. The Hall–Kier alpha value is -2.07. The molecule has 1 aromatic heterocycles. The number of aromatic carboxylic acids is 1. The van der Waals surface area contributed by atoms with E-state index in [1.54, 1.807) is 18.2 Å². The van der Waals surface area contributed by atoms with Crippen LogP contribution in [0.5, 0.6) is 0 Å². The van der Waals surface area contributed by atoms with Gasteiger partial charge in [-0.3, -0.25) is 0 Å². The minimum absolute atomic E-state index is 0.203. The predicted octanol–water partition coefficient (Wildman–Crippen LogP) is 2.03. The van der Waals surface area contributed by atoms with Crippen molar-refractivity contribution in [2.24, 2.45) is 0 Å². The minimum atomic E-state index is -0.902. The summed E-state index contributed by atoms with van der Waals surface area (Å²) in [6.07, 6.45) is 3.81. The Kier molecular flexibility index (Phi) is 2.45. The zero-order valence-corrected chi connectivity index (χ0v) is 9.72. The molecule has 18 heavy (non-hydrogen) atoms. The number of hydrogen-bond acceptors (Lipinski definition) is 2. The zero-order valence-electron chi connectivity index (χ0n) is 9.72. The Morgan fingerprint density at radius 3 is 2.67 bits per heavy atom. The SMILES string of the molecule is O=C(O)c1cccc(C2(c3cc[nH]c3)COC2)c1. The van der Waals surface area contributed by atoms with Crippen molar-refractivity contribution < 1.29 is 14.6 Å². The fraction of sp³-hybridized carbons (Fsp3) is 0.214. The van der Waals surface area contributed by atoms with Gasteiger partial charge < -0.3 is 14.8 Å². The summed E-state index contributed by atoms with van der Waals surface area (Å²) in [5, 5.41) is 9.06. The molecule has 2 N–H and O–H groups in total. The minimum Gasteiger partial charge on any atom is -0.478 e. The van der Waals surface area contributed by atoms with Gasteiger partial charge in [0, 0.05) is 12.4 Å². The average Bonchev–Trinajstić information content (AvgIpc) is 2.82. The third-order valence-corrected chi connectivity index (χ3v) is 3.51.